The lowest BCUT2D eigenvalue weighted by Crippen LogP contribution is -2.18. The minimum Gasteiger partial charge on any atom is -0.352 e. The summed E-state index contributed by atoms with van der Waals surface area (Å²) in [5, 5.41) is 3.43. The first-order chi connectivity index (χ1) is 12.2. The van der Waals surface area contributed by atoms with Gasteiger partial charge in [-0.1, -0.05) is 12.8 Å². The van der Waals surface area contributed by atoms with E-state index in [4.69, 9.17) is 0 Å². The monoisotopic (exact) mass is 336 g/mol. The van der Waals surface area contributed by atoms with Crippen LogP contribution < -0.4 is 5.32 Å². The Kier molecular flexibility index (Phi) is 4.42. The van der Waals surface area contributed by atoms with Crippen molar-refractivity contribution in [1.82, 2.24) is 19.9 Å². The van der Waals surface area contributed by atoms with E-state index in [2.05, 4.69) is 44.1 Å². The Balaban J connectivity index is 1.63. The maximum atomic E-state index is 4.65. The molecular weight excluding hydrogens is 312 g/mol. The average molecular weight is 336 g/mol. The van der Waals surface area contributed by atoms with E-state index >= 15 is 0 Å². The molecule has 0 radical (unpaired) electrons. The minimum absolute atomic E-state index is 0.349. The van der Waals surface area contributed by atoms with E-state index in [0.29, 0.717) is 29.7 Å². The van der Waals surface area contributed by atoms with Gasteiger partial charge in [-0.3, -0.25) is 4.98 Å². The largest absolute Gasteiger partial charge is 0.352 e. The third kappa shape index (κ3) is 4.38. The average Bonchev–Trinajstić information content (AvgIpc) is 3.49. The zero-order valence-corrected chi connectivity index (χ0v) is 14.8. The lowest BCUT2D eigenvalue weighted by Gasteiger charge is -2.14. The molecule has 2 heterocycles. The quantitative estimate of drug-likeness (QED) is 0.772. The summed E-state index contributed by atoms with van der Waals surface area (Å²) in [6.07, 6.45) is 9.81. The number of hydrogen-bond donors (Lipinski definition) is 1. The Morgan fingerprint density at radius 1 is 1.16 bits per heavy atom. The van der Waals surface area contributed by atoms with Crippen LogP contribution in [0.3, 0.4) is 0 Å². The number of nitrogens with zero attached hydrogens (tertiary/aromatic N) is 5. The van der Waals surface area contributed by atoms with Crippen molar-refractivity contribution in [2.24, 2.45) is 16.8 Å². The third-order valence-corrected chi connectivity index (χ3v) is 4.77. The molecular formula is C19H24N6. The van der Waals surface area contributed by atoms with Crippen LogP contribution in [0.25, 0.3) is 11.4 Å². The molecule has 25 heavy (non-hydrogen) atoms. The number of aromatic nitrogens is 4. The van der Waals surface area contributed by atoms with E-state index in [1.807, 2.05) is 12.1 Å². The summed E-state index contributed by atoms with van der Waals surface area (Å²) in [7, 11) is 0. The van der Waals surface area contributed by atoms with Crippen LogP contribution in [0.4, 0.5) is 11.9 Å². The molecule has 130 valence electrons. The van der Waals surface area contributed by atoms with Crippen molar-refractivity contribution in [3.63, 3.8) is 0 Å². The van der Waals surface area contributed by atoms with Crippen molar-refractivity contribution in [2.45, 2.75) is 52.0 Å². The standard InChI is InChI=1S/C19H24N6/c1-12(11-14-3-4-14)21-18-23-17(16-7-9-20-10-8-16)24-19(25-18)22-13(2)15-5-6-15/h7-10,12,14-15H,3-6,11H2,1-2H3,(H,21,23,24,25)/t12-/m1/s1. The fraction of sp³-hybridized carbons (Fsp3) is 0.526. The molecule has 0 unspecified atom stereocenters. The highest BCUT2D eigenvalue weighted by molar-refractivity contribution is 5.88. The highest BCUT2D eigenvalue weighted by Gasteiger charge is 2.25. The SMILES string of the molecule is CC(=Nc1nc(N[C@H](C)CC2CC2)nc(-c2ccncc2)n1)C1CC1. The van der Waals surface area contributed by atoms with Gasteiger partial charge in [-0.25, -0.2) is 4.99 Å². The van der Waals surface area contributed by atoms with Gasteiger partial charge in [-0.05, 0) is 57.1 Å². The molecule has 2 saturated carbocycles. The maximum absolute atomic E-state index is 4.65. The van der Waals surface area contributed by atoms with Gasteiger partial charge in [0.15, 0.2) is 5.82 Å². The van der Waals surface area contributed by atoms with E-state index in [0.717, 1.165) is 23.6 Å². The molecule has 6 heteroatoms. The van der Waals surface area contributed by atoms with Gasteiger partial charge in [0.1, 0.15) is 0 Å². The summed E-state index contributed by atoms with van der Waals surface area (Å²) in [6, 6.07) is 4.17. The molecule has 2 aromatic rings. The Bertz CT molecular complexity index is 765. The summed E-state index contributed by atoms with van der Waals surface area (Å²) >= 11 is 0. The Morgan fingerprint density at radius 2 is 1.92 bits per heavy atom. The molecule has 0 aliphatic heterocycles. The molecule has 4 rings (SSSR count). The van der Waals surface area contributed by atoms with Gasteiger partial charge < -0.3 is 5.32 Å². The van der Waals surface area contributed by atoms with Gasteiger partial charge >= 0.3 is 0 Å². The first-order valence-corrected chi connectivity index (χ1v) is 9.15. The molecule has 2 aliphatic carbocycles. The highest BCUT2D eigenvalue weighted by Crippen LogP contribution is 2.34. The smallest absolute Gasteiger partial charge is 0.254 e. The van der Waals surface area contributed by atoms with E-state index in [1.165, 1.54) is 25.7 Å². The van der Waals surface area contributed by atoms with Gasteiger partial charge in [0.2, 0.25) is 5.95 Å². The number of anilines is 1. The molecule has 2 aliphatic rings. The predicted molar refractivity (Wildman–Crippen MR) is 99.0 cm³/mol. The molecule has 0 aromatic carbocycles. The molecule has 6 nitrogen and oxygen atoms in total. The van der Waals surface area contributed by atoms with Crippen LogP contribution in [0.2, 0.25) is 0 Å². The lowest BCUT2D eigenvalue weighted by atomic mass is 10.2. The Labute approximate surface area is 148 Å². The van der Waals surface area contributed by atoms with Crippen molar-refractivity contribution >= 4 is 17.6 Å². The van der Waals surface area contributed by atoms with Gasteiger partial charge in [0.25, 0.3) is 5.95 Å². The van der Waals surface area contributed by atoms with Crippen LogP contribution in [0.5, 0.6) is 0 Å². The van der Waals surface area contributed by atoms with Gasteiger partial charge in [0.05, 0.1) is 0 Å². The number of pyridine rings is 1. The first-order valence-electron chi connectivity index (χ1n) is 9.15. The van der Waals surface area contributed by atoms with E-state index in [-0.39, 0.29) is 0 Å². The molecule has 2 aromatic heterocycles. The molecule has 0 amide bonds. The molecule has 0 spiro atoms. The molecule has 2 fully saturated rings. The second-order valence-electron chi connectivity index (χ2n) is 7.27. The minimum atomic E-state index is 0.349. The summed E-state index contributed by atoms with van der Waals surface area (Å²) in [5.74, 6) is 3.20. The summed E-state index contributed by atoms with van der Waals surface area (Å²) in [6.45, 7) is 4.25. The maximum Gasteiger partial charge on any atom is 0.254 e. The van der Waals surface area contributed by atoms with Crippen LogP contribution in [-0.2, 0) is 0 Å². The number of rotatable bonds is 7. The number of hydrogen-bond acceptors (Lipinski definition) is 6. The van der Waals surface area contributed by atoms with Crippen molar-refractivity contribution in [3.8, 4) is 11.4 Å². The van der Waals surface area contributed by atoms with Crippen LogP contribution in [-0.4, -0.2) is 31.7 Å². The molecule has 0 bridgehead atoms. The highest BCUT2D eigenvalue weighted by atomic mass is 15.2. The number of nitrogens with one attached hydrogen (secondary N) is 1. The first kappa shape index (κ1) is 16.1. The third-order valence-electron chi connectivity index (χ3n) is 4.77. The van der Waals surface area contributed by atoms with Crippen LogP contribution in [0.15, 0.2) is 29.5 Å². The zero-order valence-electron chi connectivity index (χ0n) is 14.8. The molecule has 1 N–H and O–H groups in total. The van der Waals surface area contributed by atoms with Gasteiger partial charge in [0, 0.05) is 29.7 Å². The summed E-state index contributed by atoms with van der Waals surface area (Å²) in [5.41, 5.74) is 2.04. The van der Waals surface area contributed by atoms with Crippen molar-refractivity contribution < 1.29 is 0 Å². The number of aliphatic imine (C=N–C) groups is 1. The zero-order chi connectivity index (χ0) is 17.2. The van der Waals surface area contributed by atoms with Crippen LogP contribution in [0, 0.1) is 11.8 Å². The second kappa shape index (κ2) is 6.86. The van der Waals surface area contributed by atoms with Crippen LogP contribution in [0.1, 0.15) is 46.0 Å². The van der Waals surface area contributed by atoms with Crippen molar-refractivity contribution in [1.29, 1.82) is 0 Å². The molecule has 0 saturated heterocycles. The Morgan fingerprint density at radius 3 is 2.60 bits per heavy atom. The van der Waals surface area contributed by atoms with Gasteiger partial charge in [-0.2, -0.15) is 15.0 Å². The lowest BCUT2D eigenvalue weighted by molar-refractivity contribution is 0.637. The Hall–Kier alpha value is -2.37. The second-order valence-corrected chi connectivity index (χ2v) is 7.27. The predicted octanol–water partition coefficient (Wildman–Crippen LogP) is 4.04. The topological polar surface area (TPSA) is 76.0 Å². The summed E-state index contributed by atoms with van der Waals surface area (Å²) in [4.78, 5) is 22.4. The van der Waals surface area contributed by atoms with E-state index in [9.17, 15) is 0 Å². The van der Waals surface area contributed by atoms with E-state index < -0.39 is 0 Å². The van der Waals surface area contributed by atoms with E-state index in [1.54, 1.807) is 12.4 Å². The molecule has 1 atom stereocenters. The van der Waals surface area contributed by atoms with Crippen molar-refractivity contribution in [3.05, 3.63) is 24.5 Å². The summed E-state index contributed by atoms with van der Waals surface area (Å²) < 4.78 is 0. The fourth-order valence-corrected chi connectivity index (χ4v) is 2.99. The van der Waals surface area contributed by atoms with Crippen LogP contribution >= 0.6 is 0 Å². The fourth-order valence-electron chi connectivity index (χ4n) is 2.99. The normalized spacial score (nSPS) is 18.9. The van der Waals surface area contributed by atoms with Gasteiger partial charge in [-0.15, -0.1) is 0 Å². The van der Waals surface area contributed by atoms with Crippen molar-refractivity contribution in [2.75, 3.05) is 5.32 Å².